The molecule has 0 aliphatic carbocycles. The standard InChI is InChI=1S/C16H22ClF3N2O3S/c1-3-12-10-22(8-7-21(12)9-11(2)23)26(24,25)15-13(16(18,19)20)5-4-6-14(15)17/h4-6,11-12,23H,3,7-10H2,1-2H3/t11-,12-/m0/s1. The zero-order valence-electron chi connectivity index (χ0n) is 14.5. The number of aliphatic hydroxyl groups is 1. The van der Waals surface area contributed by atoms with Crippen LogP contribution in [0.25, 0.3) is 0 Å². The molecule has 5 nitrogen and oxygen atoms in total. The third-order valence-electron chi connectivity index (χ3n) is 4.41. The van der Waals surface area contributed by atoms with Crippen LogP contribution in [0.4, 0.5) is 13.2 Å². The summed E-state index contributed by atoms with van der Waals surface area (Å²) < 4.78 is 66.8. The van der Waals surface area contributed by atoms with Gasteiger partial charge in [0.15, 0.2) is 0 Å². The molecule has 1 aromatic carbocycles. The number of rotatable bonds is 5. The zero-order valence-corrected chi connectivity index (χ0v) is 16.1. The summed E-state index contributed by atoms with van der Waals surface area (Å²) in [6.07, 6.45) is -4.80. The van der Waals surface area contributed by atoms with Crippen molar-refractivity contribution >= 4 is 21.6 Å². The number of aliphatic hydroxyl groups excluding tert-OH is 1. The van der Waals surface area contributed by atoms with Gasteiger partial charge in [0.05, 0.1) is 16.7 Å². The van der Waals surface area contributed by atoms with Crippen LogP contribution in [0.3, 0.4) is 0 Å². The lowest BCUT2D eigenvalue weighted by Gasteiger charge is -2.41. The highest BCUT2D eigenvalue weighted by Gasteiger charge is 2.42. The van der Waals surface area contributed by atoms with Gasteiger partial charge in [0.2, 0.25) is 10.0 Å². The number of hydrogen-bond acceptors (Lipinski definition) is 4. The zero-order chi connectivity index (χ0) is 19.7. The van der Waals surface area contributed by atoms with Crippen molar-refractivity contribution < 1.29 is 26.7 Å². The molecule has 0 unspecified atom stereocenters. The Hall–Kier alpha value is -0.870. The van der Waals surface area contributed by atoms with Crippen LogP contribution in [0.1, 0.15) is 25.8 Å². The van der Waals surface area contributed by atoms with Crippen molar-refractivity contribution in [2.24, 2.45) is 0 Å². The summed E-state index contributed by atoms with van der Waals surface area (Å²) in [5.74, 6) is 0. The number of halogens is 4. The molecule has 26 heavy (non-hydrogen) atoms. The van der Waals surface area contributed by atoms with Crippen LogP contribution in [0, 0.1) is 0 Å². The fourth-order valence-corrected chi connectivity index (χ4v) is 5.36. The molecule has 1 aliphatic heterocycles. The first kappa shape index (κ1) is 21.4. The van der Waals surface area contributed by atoms with E-state index in [0.29, 0.717) is 19.5 Å². The molecule has 1 aromatic rings. The largest absolute Gasteiger partial charge is 0.417 e. The minimum Gasteiger partial charge on any atom is -0.392 e. The second-order valence-electron chi connectivity index (χ2n) is 6.38. The van der Waals surface area contributed by atoms with Crippen LogP contribution in [0.15, 0.2) is 23.1 Å². The van der Waals surface area contributed by atoms with E-state index in [1.807, 2.05) is 11.8 Å². The highest BCUT2D eigenvalue weighted by Crippen LogP contribution is 2.39. The van der Waals surface area contributed by atoms with Gasteiger partial charge in [0.1, 0.15) is 4.90 Å². The first-order chi connectivity index (χ1) is 12.0. The molecule has 1 heterocycles. The number of nitrogens with zero attached hydrogens (tertiary/aromatic N) is 2. The average molecular weight is 415 g/mol. The molecule has 0 aromatic heterocycles. The first-order valence-electron chi connectivity index (χ1n) is 8.26. The monoisotopic (exact) mass is 414 g/mol. The Bertz CT molecular complexity index is 741. The summed E-state index contributed by atoms with van der Waals surface area (Å²) in [6.45, 7) is 4.30. The summed E-state index contributed by atoms with van der Waals surface area (Å²) in [4.78, 5) is 1.06. The van der Waals surface area contributed by atoms with Crippen LogP contribution in [-0.2, 0) is 16.2 Å². The van der Waals surface area contributed by atoms with Crippen LogP contribution >= 0.6 is 11.6 Å². The molecule has 0 spiro atoms. The summed E-state index contributed by atoms with van der Waals surface area (Å²) in [5, 5.41) is 9.12. The molecule has 1 N–H and O–H groups in total. The van der Waals surface area contributed by atoms with Gasteiger partial charge < -0.3 is 5.11 Å². The van der Waals surface area contributed by atoms with Gasteiger partial charge in [0, 0.05) is 32.2 Å². The topological polar surface area (TPSA) is 60.9 Å². The maximum Gasteiger partial charge on any atom is 0.417 e. The van der Waals surface area contributed by atoms with Crippen LogP contribution in [0.5, 0.6) is 0 Å². The maximum atomic E-state index is 13.3. The lowest BCUT2D eigenvalue weighted by molar-refractivity contribution is -0.139. The van der Waals surface area contributed by atoms with E-state index in [1.54, 1.807) is 6.92 Å². The number of alkyl halides is 3. The Morgan fingerprint density at radius 1 is 1.35 bits per heavy atom. The molecular formula is C16H22ClF3N2O3S. The Labute approximate surface area is 156 Å². The summed E-state index contributed by atoms with van der Waals surface area (Å²) in [7, 11) is -4.41. The van der Waals surface area contributed by atoms with Gasteiger partial charge in [-0.2, -0.15) is 17.5 Å². The number of piperazine rings is 1. The number of hydrogen-bond donors (Lipinski definition) is 1. The van der Waals surface area contributed by atoms with E-state index in [1.165, 1.54) is 0 Å². The highest BCUT2D eigenvalue weighted by atomic mass is 35.5. The van der Waals surface area contributed by atoms with Crippen molar-refractivity contribution in [2.75, 3.05) is 26.2 Å². The third-order valence-corrected chi connectivity index (χ3v) is 6.80. The van der Waals surface area contributed by atoms with Gasteiger partial charge in [-0.15, -0.1) is 0 Å². The van der Waals surface area contributed by atoms with E-state index < -0.39 is 37.8 Å². The Morgan fingerprint density at radius 2 is 2.00 bits per heavy atom. The minimum atomic E-state index is -4.83. The molecule has 1 aliphatic rings. The Balaban J connectivity index is 2.38. The van der Waals surface area contributed by atoms with Gasteiger partial charge in [-0.25, -0.2) is 8.42 Å². The van der Waals surface area contributed by atoms with Crippen molar-refractivity contribution in [3.05, 3.63) is 28.8 Å². The quantitative estimate of drug-likeness (QED) is 0.804. The Morgan fingerprint density at radius 3 is 2.54 bits per heavy atom. The van der Waals surface area contributed by atoms with Crippen molar-refractivity contribution in [2.45, 2.75) is 43.5 Å². The van der Waals surface area contributed by atoms with Crippen molar-refractivity contribution in [1.29, 1.82) is 0 Å². The molecule has 0 saturated carbocycles. The molecular weight excluding hydrogens is 393 g/mol. The van der Waals surface area contributed by atoms with E-state index >= 15 is 0 Å². The summed E-state index contributed by atoms with van der Waals surface area (Å²) in [5.41, 5.74) is -1.26. The maximum absolute atomic E-state index is 13.3. The number of benzene rings is 1. The second kappa shape index (κ2) is 8.02. The van der Waals surface area contributed by atoms with Gasteiger partial charge in [-0.3, -0.25) is 4.90 Å². The molecule has 0 radical (unpaired) electrons. The van der Waals surface area contributed by atoms with Crippen molar-refractivity contribution in [3.63, 3.8) is 0 Å². The number of β-amino-alcohol motifs (C(OH)–C–C–N with tert-alkyl or cyclic N) is 1. The average Bonchev–Trinajstić information content (AvgIpc) is 2.53. The van der Waals surface area contributed by atoms with Crippen LogP contribution < -0.4 is 0 Å². The fourth-order valence-electron chi connectivity index (χ4n) is 3.17. The van der Waals surface area contributed by atoms with E-state index in [4.69, 9.17) is 11.6 Å². The van der Waals surface area contributed by atoms with E-state index in [2.05, 4.69) is 0 Å². The second-order valence-corrected chi connectivity index (χ2v) is 8.67. The van der Waals surface area contributed by atoms with Crippen molar-refractivity contribution in [3.8, 4) is 0 Å². The summed E-state index contributed by atoms with van der Waals surface area (Å²) >= 11 is 5.86. The molecule has 0 amide bonds. The predicted molar refractivity (Wildman–Crippen MR) is 92.5 cm³/mol. The van der Waals surface area contributed by atoms with Gasteiger partial charge >= 0.3 is 6.18 Å². The van der Waals surface area contributed by atoms with E-state index in [0.717, 1.165) is 22.5 Å². The Kier molecular flexibility index (Phi) is 6.61. The molecule has 2 rings (SSSR count). The lowest BCUT2D eigenvalue weighted by atomic mass is 10.1. The molecule has 10 heteroatoms. The lowest BCUT2D eigenvalue weighted by Crippen LogP contribution is -2.55. The molecule has 1 saturated heterocycles. The number of sulfonamides is 1. The van der Waals surface area contributed by atoms with Gasteiger partial charge in [-0.1, -0.05) is 24.6 Å². The van der Waals surface area contributed by atoms with E-state index in [9.17, 15) is 26.7 Å². The smallest absolute Gasteiger partial charge is 0.392 e. The fraction of sp³-hybridized carbons (Fsp3) is 0.625. The molecule has 1 fully saturated rings. The SMILES string of the molecule is CC[C@H]1CN(S(=O)(=O)c2c(Cl)cccc2C(F)(F)F)CCN1C[C@H](C)O. The minimum absolute atomic E-state index is 0.0358. The third kappa shape index (κ3) is 4.51. The predicted octanol–water partition coefficient (Wildman–Crippen LogP) is 2.82. The molecule has 0 bridgehead atoms. The van der Waals surface area contributed by atoms with Gasteiger partial charge in [-0.05, 0) is 25.5 Å². The molecule has 2 atom stereocenters. The van der Waals surface area contributed by atoms with Crippen molar-refractivity contribution in [1.82, 2.24) is 9.21 Å². The van der Waals surface area contributed by atoms with Crippen LogP contribution in [0.2, 0.25) is 5.02 Å². The van der Waals surface area contributed by atoms with E-state index in [-0.39, 0.29) is 19.1 Å². The van der Waals surface area contributed by atoms with Gasteiger partial charge in [0.25, 0.3) is 0 Å². The summed E-state index contributed by atoms with van der Waals surface area (Å²) in [6, 6.07) is 2.76. The van der Waals surface area contributed by atoms with Crippen LogP contribution in [-0.4, -0.2) is 61.1 Å². The first-order valence-corrected chi connectivity index (χ1v) is 10.1. The normalized spacial score (nSPS) is 21.7. The highest BCUT2D eigenvalue weighted by molar-refractivity contribution is 7.89. The molecule has 148 valence electrons.